The lowest BCUT2D eigenvalue weighted by molar-refractivity contribution is -0.0548. The van der Waals surface area contributed by atoms with E-state index in [0.717, 1.165) is 43.6 Å². The first-order chi connectivity index (χ1) is 10.4. The van der Waals surface area contributed by atoms with Crippen LogP contribution < -0.4 is 5.32 Å². The van der Waals surface area contributed by atoms with Crippen LogP contribution in [0.15, 0.2) is 4.52 Å². The Hall–Kier alpha value is -0.630. The van der Waals surface area contributed by atoms with Crippen molar-refractivity contribution in [2.45, 2.75) is 37.5 Å². The fourth-order valence-electron chi connectivity index (χ4n) is 3.42. The van der Waals surface area contributed by atoms with Gasteiger partial charge in [-0.1, -0.05) is 5.16 Å². The van der Waals surface area contributed by atoms with E-state index in [1.165, 1.54) is 25.1 Å². The van der Waals surface area contributed by atoms with Gasteiger partial charge in [0, 0.05) is 43.1 Å². The van der Waals surface area contributed by atoms with E-state index >= 15 is 0 Å². The monoisotopic (exact) mass is 310 g/mol. The molecule has 4 heterocycles. The average molecular weight is 310 g/mol. The second kappa shape index (κ2) is 6.24. The average Bonchev–Trinajstić information content (AvgIpc) is 3.16. The number of aromatic nitrogens is 2. The fourth-order valence-corrected chi connectivity index (χ4v) is 4.37. The Morgan fingerprint density at radius 3 is 3.33 bits per heavy atom. The molecule has 7 heteroatoms. The fraction of sp³-hybridized carbons (Fsp3) is 0.857. The van der Waals surface area contributed by atoms with Gasteiger partial charge in [0.1, 0.15) is 6.10 Å². The van der Waals surface area contributed by atoms with Crippen molar-refractivity contribution in [2.75, 3.05) is 37.7 Å². The van der Waals surface area contributed by atoms with Crippen LogP contribution in [-0.4, -0.2) is 64.9 Å². The molecule has 0 bridgehead atoms. The zero-order chi connectivity index (χ0) is 14.1. The SMILES string of the molecule is C1CC2COC(c3noc(CC4CSCCN4)n3)CN2C1. The van der Waals surface area contributed by atoms with E-state index in [0.29, 0.717) is 12.1 Å². The third kappa shape index (κ3) is 3.11. The summed E-state index contributed by atoms with van der Waals surface area (Å²) in [4.78, 5) is 7.07. The summed E-state index contributed by atoms with van der Waals surface area (Å²) in [6, 6.07) is 1.06. The lowest BCUT2D eigenvalue weighted by atomic mass is 10.2. The molecule has 6 nitrogen and oxygen atoms in total. The van der Waals surface area contributed by atoms with E-state index in [1.54, 1.807) is 0 Å². The van der Waals surface area contributed by atoms with Crippen LogP contribution in [0.2, 0.25) is 0 Å². The molecule has 3 aliphatic heterocycles. The molecule has 0 spiro atoms. The van der Waals surface area contributed by atoms with Gasteiger partial charge in [-0.2, -0.15) is 16.7 Å². The summed E-state index contributed by atoms with van der Waals surface area (Å²) in [6.07, 6.45) is 3.34. The van der Waals surface area contributed by atoms with Crippen LogP contribution in [0.1, 0.15) is 30.7 Å². The van der Waals surface area contributed by atoms with Crippen molar-refractivity contribution in [1.29, 1.82) is 0 Å². The third-order valence-corrected chi connectivity index (χ3v) is 5.71. The number of fused-ring (bicyclic) bond motifs is 1. The Morgan fingerprint density at radius 1 is 1.43 bits per heavy atom. The molecule has 1 N–H and O–H groups in total. The molecule has 116 valence electrons. The zero-order valence-electron chi connectivity index (χ0n) is 12.2. The Labute approximate surface area is 129 Å². The summed E-state index contributed by atoms with van der Waals surface area (Å²) in [5.74, 6) is 3.77. The standard InChI is InChI=1S/C14H22N4O2S/c1-2-11-8-19-12(7-18(11)4-1)14-16-13(20-17-14)6-10-9-21-5-3-15-10/h10-12,15H,1-9H2. The molecule has 0 aromatic carbocycles. The summed E-state index contributed by atoms with van der Waals surface area (Å²) in [5.41, 5.74) is 0. The largest absolute Gasteiger partial charge is 0.367 e. The highest BCUT2D eigenvalue weighted by atomic mass is 32.2. The highest BCUT2D eigenvalue weighted by molar-refractivity contribution is 7.99. The molecule has 4 rings (SSSR count). The Bertz CT molecular complexity index is 477. The van der Waals surface area contributed by atoms with Crippen molar-refractivity contribution in [1.82, 2.24) is 20.4 Å². The van der Waals surface area contributed by atoms with Gasteiger partial charge in [0.2, 0.25) is 11.7 Å². The van der Waals surface area contributed by atoms with Gasteiger partial charge in [-0.05, 0) is 19.4 Å². The van der Waals surface area contributed by atoms with Crippen LogP contribution in [0.25, 0.3) is 0 Å². The highest BCUT2D eigenvalue weighted by Crippen LogP contribution is 2.28. The molecular weight excluding hydrogens is 288 g/mol. The second-order valence-electron chi connectivity index (χ2n) is 6.09. The first-order valence-electron chi connectivity index (χ1n) is 7.88. The smallest absolute Gasteiger partial charge is 0.228 e. The first kappa shape index (κ1) is 14.0. The summed E-state index contributed by atoms with van der Waals surface area (Å²) < 4.78 is 11.4. The molecule has 3 aliphatic rings. The van der Waals surface area contributed by atoms with Gasteiger partial charge in [-0.3, -0.25) is 4.90 Å². The number of ether oxygens (including phenoxy) is 1. The number of rotatable bonds is 3. The molecule has 3 fully saturated rings. The lowest BCUT2D eigenvalue weighted by Gasteiger charge is -2.33. The third-order valence-electron chi connectivity index (χ3n) is 4.58. The summed E-state index contributed by atoms with van der Waals surface area (Å²) >= 11 is 1.98. The Kier molecular flexibility index (Phi) is 4.16. The van der Waals surface area contributed by atoms with Crippen molar-refractivity contribution in [3.05, 3.63) is 11.7 Å². The van der Waals surface area contributed by atoms with Crippen LogP contribution in [0.3, 0.4) is 0 Å². The summed E-state index contributed by atoms with van der Waals surface area (Å²) in [5, 5.41) is 7.65. The maximum Gasteiger partial charge on any atom is 0.228 e. The number of nitrogens with zero attached hydrogens (tertiary/aromatic N) is 3. The minimum atomic E-state index is -0.0226. The summed E-state index contributed by atoms with van der Waals surface area (Å²) in [7, 11) is 0. The van der Waals surface area contributed by atoms with E-state index in [2.05, 4.69) is 20.4 Å². The zero-order valence-corrected chi connectivity index (χ0v) is 13.0. The van der Waals surface area contributed by atoms with Crippen molar-refractivity contribution in [3.63, 3.8) is 0 Å². The van der Waals surface area contributed by atoms with Crippen LogP contribution >= 0.6 is 11.8 Å². The number of nitrogens with one attached hydrogen (secondary N) is 1. The Morgan fingerprint density at radius 2 is 2.43 bits per heavy atom. The van der Waals surface area contributed by atoms with Gasteiger partial charge in [0.25, 0.3) is 0 Å². The molecule has 1 aromatic heterocycles. The molecule has 3 unspecified atom stereocenters. The van der Waals surface area contributed by atoms with Crippen molar-refractivity contribution < 1.29 is 9.26 Å². The van der Waals surface area contributed by atoms with Gasteiger partial charge >= 0.3 is 0 Å². The second-order valence-corrected chi connectivity index (χ2v) is 7.24. The molecule has 0 saturated carbocycles. The molecule has 0 amide bonds. The number of hydrogen-bond donors (Lipinski definition) is 1. The van der Waals surface area contributed by atoms with Gasteiger partial charge in [-0.25, -0.2) is 0 Å². The predicted octanol–water partition coefficient (Wildman–Crippen LogP) is 0.853. The van der Waals surface area contributed by atoms with Gasteiger partial charge in [-0.15, -0.1) is 0 Å². The number of hydrogen-bond acceptors (Lipinski definition) is 7. The van der Waals surface area contributed by atoms with E-state index in [-0.39, 0.29) is 6.10 Å². The molecule has 0 aliphatic carbocycles. The predicted molar refractivity (Wildman–Crippen MR) is 80.4 cm³/mol. The maximum atomic E-state index is 5.93. The minimum Gasteiger partial charge on any atom is -0.367 e. The van der Waals surface area contributed by atoms with Crippen LogP contribution in [0, 0.1) is 0 Å². The topological polar surface area (TPSA) is 63.4 Å². The molecule has 1 aromatic rings. The Balaban J connectivity index is 1.37. The lowest BCUT2D eigenvalue weighted by Crippen LogP contribution is -2.42. The molecule has 21 heavy (non-hydrogen) atoms. The highest BCUT2D eigenvalue weighted by Gasteiger charge is 2.35. The van der Waals surface area contributed by atoms with Gasteiger partial charge in [0.15, 0.2) is 0 Å². The first-order valence-corrected chi connectivity index (χ1v) is 9.03. The minimum absolute atomic E-state index is 0.0226. The van der Waals surface area contributed by atoms with Gasteiger partial charge < -0.3 is 14.6 Å². The van der Waals surface area contributed by atoms with Crippen molar-refractivity contribution in [2.24, 2.45) is 0 Å². The van der Waals surface area contributed by atoms with Crippen LogP contribution in [0.4, 0.5) is 0 Å². The molecule has 3 atom stereocenters. The number of thioether (sulfide) groups is 1. The van der Waals surface area contributed by atoms with Gasteiger partial charge in [0.05, 0.1) is 6.61 Å². The molecule has 0 radical (unpaired) electrons. The molecule has 3 saturated heterocycles. The molecular formula is C14H22N4O2S. The van der Waals surface area contributed by atoms with E-state index in [1.807, 2.05) is 11.8 Å². The maximum absolute atomic E-state index is 5.93. The van der Waals surface area contributed by atoms with E-state index < -0.39 is 0 Å². The summed E-state index contributed by atoms with van der Waals surface area (Å²) in [6.45, 7) is 3.95. The normalized spacial score (nSPS) is 34.0. The van der Waals surface area contributed by atoms with Crippen LogP contribution in [0.5, 0.6) is 0 Å². The number of morpholine rings is 1. The van der Waals surface area contributed by atoms with E-state index in [9.17, 15) is 0 Å². The van der Waals surface area contributed by atoms with Crippen molar-refractivity contribution >= 4 is 11.8 Å². The van der Waals surface area contributed by atoms with Crippen molar-refractivity contribution in [3.8, 4) is 0 Å². The van der Waals surface area contributed by atoms with E-state index in [4.69, 9.17) is 9.26 Å². The van der Waals surface area contributed by atoms with Crippen LogP contribution in [-0.2, 0) is 11.2 Å². The quantitative estimate of drug-likeness (QED) is 0.888.